The Morgan fingerprint density at radius 2 is 1.17 bits per heavy atom. The first-order valence-corrected chi connectivity index (χ1v) is 12.8. The third kappa shape index (κ3) is 5.79. The first kappa shape index (κ1) is 22.9. The molecule has 156 valence electrons. The van der Waals surface area contributed by atoms with Crippen molar-refractivity contribution < 1.29 is 39.8 Å². The number of phenolic OH excluding ortho intramolecular Hbond substituents is 2. The summed E-state index contributed by atoms with van der Waals surface area (Å²) >= 11 is -6.63. The predicted octanol–water partition coefficient (Wildman–Crippen LogP) is 0.419. The quantitative estimate of drug-likeness (QED) is 0.364. The Hall–Kier alpha value is -2.42. The summed E-state index contributed by atoms with van der Waals surface area (Å²) in [6, 6.07) is 7.22. The molecule has 0 spiro atoms. The van der Waals surface area contributed by atoms with Gasteiger partial charge in [0.1, 0.15) is 0 Å². The van der Waals surface area contributed by atoms with Crippen LogP contribution in [0.2, 0.25) is 0 Å². The third-order valence-corrected chi connectivity index (χ3v) is 9.33. The summed E-state index contributed by atoms with van der Waals surface area (Å²) in [5.74, 6) is -2.28. The van der Waals surface area contributed by atoms with Crippen molar-refractivity contribution in [2.45, 2.75) is 13.8 Å². The molecule has 0 aliphatic heterocycles. The van der Waals surface area contributed by atoms with E-state index >= 15 is 0 Å². The predicted molar refractivity (Wildman–Crippen MR) is 101 cm³/mol. The van der Waals surface area contributed by atoms with Crippen LogP contribution in [0.25, 0.3) is 0 Å². The van der Waals surface area contributed by atoms with Gasteiger partial charge in [-0.1, -0.05) is 0 Å². The van der Waals surface area contributed by atoms with E-state index in [9.17, 15) is 27.5 Å². The first-order valence-electron chi connectivity index (χ1n) is 8.31. The van der Waals surface area contributed by atoms with E-state index in [2.05, 4.69) is 0 Å². The van der Waals surface area contributed by atoms with Crippen molar-refractivity contribution in [2.75, 3.05) is 13.2 Å². The molecule has 11 heteroatoms. The molecule has 9 nitrogen and oxygen atoms in total. The Labute approximate surface area is 175 Å². The number of carbonyl (C=O) groups excluding carboxylic acids is 2. The second-order valence-corrected chi connectivity index (χ2v) is 11.1. The van der Waals surface area contributed by atoms with Crippen LogP contribution in [0.15, 0.2) is 36.4 Å². The van der Waals surface area contributed by atoms with Crippen molar-refractivity contribution in [1.29, 1.82) is 0 Å². The number of hydrogen-bond acceptors (Lipinski definition) is 9. The molecule has 0 unspecified atom stereocenters. The molecule has 0 aliphatic carbocycles. The molecule has 0 saturated carbocycles. The number of ether oxygens (including phenoxy) is 2. The summed E-state index contributed by atoms with van der Waals surface area (Å²) in [5.41, 5.74) is -0.372. The summed E-state index contributed by atoms with van der Waals surface area (Å²) in [7, 11) is 0. The van der Waals surface area contributed by atoms with Crippen molar-refractivity contribution in [3.05, 3.63) is 47.5 Å². The van der Waals surface area contributed by atoms with E-state index < -0.39 is 40.3 Å². The fraction of sp³-hybridized carbons (Fsp3) is 0.222. The summed E-state index contributed by atoms with van der Waals surface area (Å²) in [6.45, 7) is 3.38. The van der Waals surface area contributed by atoms with Gasteiger partial charge in [0.25, 0.3) is 0 Å². The summed E-state index contributed by atoms with van der Waals surface area (Å²) in [5, 5.41) is 19.5. The normalized spacial score (nSPS) is 12.8. The fourth-order valence-corrected chi connectivity index (χ4v) is 7.27. The van der Waals surface area contributed by atoms with Gasteiger partial charge in [0.05, 0.1) is 0 Å². The summed E-state index contributed by atoms with van der Waals surface area (Å²) < 4.78 is 40.0. The van der Waals surface area contributed by atoms with Gasteiger partial charge in [0, 0.05) is 0 Å². The number of aromatic hydroxyl groups is 2. The standard InChI is InChI=1S/C18H18O9Se2/c1-3-25-17(21)13-9-11(5-7-15(13)19)28(23)27-29(24)12-6-8-16(20)14(10-12)18(22)26-4-2/h5-10,19-20H,3-4H2,1-2H3. The van der Waals surface area contributed by atoms with Gasteiger partial charge in [-0.2, -0.15) is 0 Å². The van der Waals surface area contributed by atoms with Gasteiger partial charge < -0.3 is 0 Å². The van der Waals surface area contributed by atoms with Crippen molar-refractivity contribution in [1.82, 2.24) is 0 Å². The fourth-order valence-electron chi connectivity index (χ4n) is 2.12. The van der Waals surface area contributed by atoms with Gasteiger partial charge in [-0.3, -0.25) is 0 Å². The van der Waals surface area contributed by atoms with Gasteiger partial charge in [0.15, 0.2) is 0 Å². The zero-order chi connectivity index (χ0) is 21.6. The van der Waals surface area contributed by atoms with E-state index in [0.29, 0.717) is 0 Å². The molecule has 0 aromatic heterocycles. The van der Waals surface area contributed by atoms with Crippen LogP contribution in [-0.4, -0.2) is 63.7 Å². The third-order valence-electron chi connectivity index (χ3n) is 3.44. The molecule has 2 N–H and O–H groups in total. The van der Waals surface area contributed by atoms with Crippen LogP contribution in [-0.2, 0) is 20.0 Å². The van der Waals surface area contributed by atoms with Crippen molar-refractivity contribution in [3.8, 4) is 11.5 Å². The van der Waals surface area contributed by atoms with Gasteiger partial charge in [-0.15, -0.1) is 0 Å². The van der Waals surface area contributed by atoms with E-state index in [1.54, 1.807) is 13.8 Å². The van der Waals surface area contributed by atoms with Crippen molar-refractivity contribution in [3.63, 3.8) is 0 Å². The summed E-state index contributed by atoms with van der Waals surface area (Å²) in [6.07, 6.45) is 0. The van der Waals surface area contributed by atoms with Crippen LogP contribution in [0.5, 0.6) is 11.5 Å². The van der Waals surface area contributed by atoms with Gasteiger partial charge >= 0.3 is 175 Å². The molecule has 0 fully saturated rings. The number of hydrogen-bond donors (Lipinski definition) is 2. The van der Waals surface area contributed by atoms with E-state index in [1.807, 2.05) is 0 Å². The van der Waals surface area contributed by atoms with Gasteiger partial charge in [-0.05, 0) is 0 Å². The molecule has 29 heavy (non-hydrogen) atoms. The van der Waals surface area contributed by atoms with E-state index in [-0.39, 0.29) is 44.8 Å². The number of phenols is 2. The average Bonchev–Trinajstić information content (AvgIpc) is 2.68. The van der Waals surface area contributed by atoms with Gasteiger partial charge in [0.2, 0.25) is 0 Å². The number of benzene rings is 2. The number of rotatable bonds is 8. The van der Waals surface area contributed by atoms with Crippen LogP contribution < -0.4 is 8.92 Å². The molecule has 0 saturated heterocycles. The maximum absolute atomic E-state index is 12.5. The monoisotopic (exact) mass is 538 g/mol. The number of carbonyl (C=O) groups is 2. The second kappa shape index (κ2) is 10.4. The van der Waals surface area contributed by atoms with Crippen LogP contribution in [0.1, 0.15) is 34.6 Å². The zero-order valence-electron chi connectivity index (χ0n) is 15.4. The Balaban J connectivity index is 2.22. The van der Waals surface area contributed by atoms with Crippen LogP contribution in [0, 0.1) is 0 Å². The molecule has 0 radical (unpaired) electrons. The van der Waals surface area contributed by atoms with E-state index in [4.69, 9.17) is 12.4 Å². The van der Waals surface area contributed by atoms with Crippen LogP contribution in [0.4, 0.5) is 0 Å². The molecule has 0 atom stereocenters. The molecular weight excluding hydrogens is 518 g/mol. The van der Waals surface area contributed by atoms with Crippen molar-refractivity contribution in [2.24, 2.45) is 0 Å². The molecule has 2 aromatic rings. The minimum atomic E-state index is -3.31. The SMILES string of the molecule is CCOC(=O)c1cc([Se](=O)O[Se](=O)c2ccc(O)c(C(=O)OCC)c2)ccc1O. The Morgan fingerprint density at radius 1 is 0.793 bits per heavy atom. The van der Waals surface area contributed by atoms with Crippen molar-refractivity contribution >= 4 is 49.2 Å². The molecule has 0 heterocycles. The Morgan fingerprint density at radius 3 is 1.52 bits per heavy atom. The Kier molecular flexibility index (Phi) is 8.19. The van der Waals surface area contributed by atoms with E-state index in [1.165, 1.54) is 24.3 Å². The Bertz CT molecular complexity index is 894. The first-order chi connectivity index (χ1) is 13.8. The second-order valence-electron chi connectivity index (χ2n) is 5.34. The zero-order valence-corrected chi connectivity index (χ0v) is 18.9. The van der Waals surface area contributed by atoms with Crippen LogP contribution >= 0.6 is 0 Å². The molecule has 0 amide bonds. The topological polar surface area (TPSA) is 136 Å². The summed E-state index contributed by atoms with van der Waals surface area (Å²) in [4.78, 5) is 23.7. The van der Waals surface area contributed by atoms with Gasteiger partial charge in [-0.25, -0.2) is 0 Å². The molecule has 2 rings (SSSR count). The minimum absolute atomic E-state index is 0.0832. The molecule has 0 bridgehead atoms. The van der Waals surface area contributed by atoms with Crippen LogP contribution in [0.3, 0.4) is 0 Å². The molecule has 2 aromatic carbocycles. The maximum atomic E-state index is 12.5. The average molecular weight is 536 g/mol. The molecule has 0 aliphatic rings. The van der Waals surface area contributed by atoms with E-state index in [0.717, 1.165) is 12.1 Å². The molecular formula is C18H18O9Se2. The number of esters is 2.